The van der Waals surface area contributed by atoms with Crippen LogP contribution in [-0.4, -0.2) is 44.1 Å². The Labute approximate surface area is 168 Å². The predicted octanol–water partition coefficient (Wildman–Crippen LogP) is 2.22. The molecule has 0 bridgehead atoms. The monoisotopic (exact) mass is 429 g/mol. The zero-order valence-corrected chi connectivity index (χ0v) is 15.4. The lowest BCUT2D eigenvalue weighted by molar-refractivity contribution is -0.969. The zero-order valence-electron chi connectivity index (χ0n) is 13.9. The normalized spacial score (nSPS) is 11.3. The lowest BCUT2D eigenvalue weighted by Crippen LogP contribution is -2.26. The SMILES string of the molecule is N/C(=N\N=C\c1cc(Cl)ccc1O)N/N=C/c1cc(Cl)ccc1O.O=[N+](O)O. The van der Waals surface area contributed by atoms with Gasteiger partial charge in [-0.2, -0.15) is 10.2 Å². The average Bonchev–Trinajstić information content (AvgIpc) is 2.60. The molecule has 11 nitrogen and oxygen atoms in total. The number of rotatable bonds is 4. The van der Waals surface area contributed by atoms with Crippen molar-refractivity contribution in [2.75, 3.05) is 0 Å². The number of guanidine groups is 1. The van der Waals surface area contributed by atoms with E-state index in [0.29, 0.717) is 21.2 Å². The molecule has 28 heavy (non-hydrogen) atoms. The number of hydrogen-bond acceptors (Lipinski definition) is 6. The summed E-state index contributed by atoms with van der Waals surface area (Å²) in [6.07, 6.45) is 2.62. The highest BCUT2D eigenvalue weighted by Crippen LogP contribution is 2.20. The van der Waals surface area contributed by atoms with Gasteiger partial charge in [0.1, 0.15) is 16.4 Å². The van der Waals surface area contributed by atoms with Crippen molar-refractivity contribution in [1.29, 1.82) is 0 Å². The average molecular weight is 430 g/mol. The van der Waals surface area contributed by atoms with E-state index in [0.717, 1.165) is 0 Å². The molecular formula is C15H15Cl2N6O5+. The van der Waals surface area contributed by atoms with Gasteiger partial charge in [-0.15, -0.1) is 5.10 Å². The van der Waals surface area contributed by atoms with Gasteiger partial charge in [0.2, 0.25) is 5.96 Å². The van der Waals surface area contributed by atoms with E-state index in [9.17, 15) is 10.2 Å². The van der Waals surface area contributed by atoms with Crippen molar-refractivity contribution in [3.63, 3.8) is 0 Å². The van der Waals surface area contributed by atoms with E-state index in [-0.39, 0.29) is 17.5 Å². The van der Waals surface area contributed by atoms with E-state index in [1.54, 1.807) is 12.1 Å². The second kappa shape index (κ2) is 11.2. The Morgan fingerprint density at radius 1 is 1.00 bits per heavy atom. The molecule has 0 aliphatic heterocycles. The van der Waals surface area contributed by atoms with E-state index in [1.165, 1.54) is 36.7 Å². The Morgan fingerprint density at radius 3 is 1.96 bits per heavy atom. The summed E-state index contributed by atoms with van der Waals surface area (Å²) in [5.41, 5.74) is 8.81. The van der Waals surface area contributed by atoms with Crippen molar-refractivity contribution in [2.45, 2.75) is 0 Å². The minimum absolute atomic E-state index is 0.0133. The Hall–Kier alpha value is -3.57. The van der Waals surface area contributed by atoms with Crippen molar-refractivity contribution in [3.8, 4) is 11.5 Å². The summed E-state index contributed by atoms with van der Waals surface area (Å²) in [7, 11) is 0. The number of hydrogen-bond donors (Lipinski definition) is 6. The third-order valence-corrected chi connectivity index (χ3v) is 3.19. The van der Waals surface area contributed by atoms with Gasteiger partial charge in [-0.25, -0.2) is 15.8 Å². The molecule has 148 valence electrons. The molecule has 0 spiro atoms. The lowest BCUT2D eigenvalue weighted by atomic mass is 10.2. The summed E-state index contributed by atoms with van der Waals surface area (Å²) in [5.74, 6) is -0.0558. The zero-order chi connectivity index (χ0) is 21.1. The highest BCUT2D eigenvalue weighted by molar-refractivity contribution is 6.31. The summed E-state index contributed by atoms with van der Waals surface area (Å²) in [5, 5.41) is 43.9. The van der Waals surface area contributed by atoms with Crippen LogP contribution in [0.2, 0.25) is 10.0 Å². The molecule has 2 aromatic carbocycles. The summed E-state index contributed by atoms with van der Waals surface area (Å²) in [6.45, 7) is 0. The van der Waals surface area contributed by atoms with Crippen LogP contribution in [0.25, 0.3) is 0 Å². The number of nitrogens with zero attached hydrogens (tertiary/aromatic N) is 4. The first-order valence-corrected chi connectivity index (χ1v) is 7.92. The molecule has 0 aliphatic carbocycles. The third kappa shape index (κ3) is 8.69. The summed E-state index contributed by atoms with van der Waals surface area (Å²) >= 11 is 11.6. The second-order valence-corrected chi connectivity index (χ2v) is 5.63. The largest absolute Gasteiger partial charge is 0.507 e. The minimum Gasteiger partial charge on any atom is -0.507 e. The predicted molar refractivity (Wildman–Crippen MR) is 103 cm³/mol. The summed E-state index contributed by atoms with van der Waals surface area (Å²) in [4.78, 5) is 8.47. The number of phenols is 2. The van der Waals surface area contributed by atoms with E-state index in [1.807, 2.05) is 0 Å². The van der Waals surface area contributed by atoms with Crippen molar-refractivity contribution in [3.05, 3.63) is 62.5 Å². The summed E-state index contributed by atoms with van der Waals surface area (Å²) in [6, 6.07) is 9.06. The van der Waals surface area contributed by atoms with Gasteiger partial charge in [-0.05, 0) is 36.4 Å². The van der Waals surface area contributed by atoms with Crippen LogP contribution in [0, 0.1) is 4.91 Å². The molecule has 13 heteroatoms. The van der Waals surface area contributed by atoms with Gasteiger partial charge in [0.05, 0.1) is 12.4 Å². The number of nitrogens with one attached hydrogen (secondary N) is 1. The first kappa shape index (κ1) is 22.5. The molecule has 0 aliphatic rings. The van der Waals surface area contributed by atoms with E-state index >= 15 is 0 Å². The van der Waals surface area contributed by atoms with Gasteiger partial charge in [-0.1, -0.05) is 23.2 Å². The smallest absolute Gasteiger partial charge is 0.472 e. The molecule has 0 saturated carbocycles. The van der Waals surface area contributed by atoms with Crippen LogP contribution in [0.3, 0.4) is 0 Å². The molecule has 0 saturated heterocycles. The Bertz CT molecular complexity index is 916. The highest BCUT2D eigenvalue weighted by atomic mass is 35.5. The summed E-state index contributed by atoms with van der Waals surface area (Å²) < 4.78 is 0. The van der Waals surface area contributed by atoms with Gasteiger partial charge in [0.15, 0.2) is 0 Å². The second-order valence-electron chi connectivity index (χ2n) is 4.76. The third-order valence-electron chi connectivity index (χ3n) is 2.72. The molecule has 2 aromatic rings. The van der Waals surface area contributed by atoms with Crippen LogP contribution in [0.5, 0.6) is 11.5 Å². The molecule has 0 fully saturated rings. The minimum atomic E-state index is -1.25. The van der Waals surface area contributed by atoms with Crippen molar-refractivity contribution < 1.29 is 25.7 Å². The number of hydrazone groups is 1. The number of halogens is 2. The van der Waals surface area contributed by atoms with Crippen molar-refractivity contribution in [1.82, 2.24) is 5.43 Å². The van der Waals surface area contributed by atoms with Crippen LogP contribution in [0.1, 0.15) is 11.1 Å². The van der Waals surface area contributed by atoms with E-state index < -0.39 is 5.09 Å². The van der Waals surface area contributed by atoms with E-state index in [2.05, 4.69) is 20.7 Å². The number of benzene rings is 2. The van der Waals surface area contributed by atoms with Gasteiger partial charge in [0, 0.05) is 21.2 Å². The molecule has 0 aromatic heterocycles. The number of aromatic hydroxyl groups is 2. The van der Waals surface area contributed by atoms with Crippen molar-refractivity contribution >= 4 is 41.6 Å². The first-order chi connectivity index (χ1) is 13.2. The molecule has 2 rings (SSSR count). The maximum absolute atomic E-state index is 9.62. The Morgan fingerprint density at radius 2 is 1.46 bits per heavy atom. The lowest BCUT2D eigenvalue weighted by Gasteiger charge is -2.00. The highest BCUT2D eigenvalue weighted by Gasteiger charge is 1.99. The van der Waals surface area contributed by atoms with Gasteiger partial charge in [0.25, 0.3) is 0 Å². The fourth-order valence-corrected chi connectivity index (χ4v) is 1.96. The van der Waals surface area contributed by atoms with Crippen molar-refractivity contribution in [2.24, 2.45) is 21.0 Å². The van der Waals surface area contributed by atoms with Crippen LogP contribution in [0.15, 0.2) is 51.7 Å². The van der Waals surface area contributed by atoms with E-state index in [4.69, 9.17) is 44.3 Å². The molecule has 7 N–H and O–H groups in total. The van der Waals surface area contributed by atoms with Crippen LogP contribution < -0.4 is 11.2 Å². The Balaban J connectivity index is 0.000000892. The molecule has 0 amide bonds. The fourth-order valence-electron chi connectivity index (χ4n) is 1.60. The number of nitrogens with two attached hydrogens (primary N) is 1. The van der Waals surface area contributed by atoms with Crippen LogP contribution >= 0.6 is 23.2 Å². The maximum Gasteiger partial charge on any atom is 0.472 e. The van der Waals surface area contributed by atoms with Crippen LogP contribution in [-0.2, 0) is 0 Å². The van der Waals surface area contributed by atoms with Gasteiger partial charge < -0.3 is 15.9 Å². The Kier molecular flexibility index (Phi) is 8.99. The molecule has 0 atom stereocenters. The maximum atomic E-state index is 9.62. The van der Waals surface area contributed by atoms with Gasteiger partial charge in [-0.3, -0.25) is 0 Å². The van der Waals surface area contributed by atoms with Crippen LogP contribution in [0.4, 0.5) is 0 Å². The topological polar surface area (TPSA) is 176 Å². The molecule has 0 radical (unpaired) electrons. The fraction of sp³-hybridized carbons (Fsp3) is 0. The van der Waals surface area contributed by atoms with Gasteiger partial charge >= 0.3 is 5.09 Å². The molecule has 0 unspecified atom stereocenters. The molecule has 0 heterocycles. The number of phenolic OH excluding ortho intramolecular Hbond substituents is 2. The quantitative estimate of drug-likeness (QED) is 0.245. The first-order valence-electron chi connectivity index (χ1n) is 7.16. The molecular weight excluding hydrogens is 415 g/mol. The standard InChI is InChI=1S/C15H13Cl2N5O2.H2NO3/c16-11-1-3-13(23)9(5-11)7-19-21-15(18)22-20-8-10-6-12(17)2-4-14(10)24;2-1(3)4/h1-8,23-24H,(H3,18,21,22);(H2,2,3,4)/q;+1/b19-7+,20-8+;.